The summed E-state index contributed by atoms with van der Waals surface area (Å²) < 4.78 is 0. The van der Waals surface area contributed by atoms with Crippen molar-refractivity contribution in [1.29, 1.82) is 0 Å². The second-order valence-corrected chi connectivity index (χ2v) is 4.35. The molecular formula is C16H15NO3. The van der Waals surface area contributed by atoms with Crippen molar-refractivity contribution >= 4 is 17.4 Å². The minimum absolute atomic E-state index is 0.0836. The summed E-state index contributed by atoms with van der Waals surface area (Å²) in [6.45, 7) is 0.514. The van der Waals surface area contributed by atoms with E-state index in [4.69, 9.17) is 5.11 Å². The smallest absolute Gasteiger partial charge is 0.335 e. The first-order valence-corrected chi connectivity index (χ1v) is 6.32. The lowest BCUT2D eigenvalue weighted by Crippen LogP contribution is -2.09. The van der Waals surface area contributed by atoms with Crippen LogP contribution in [0, 0.1) is 0 Å². The van der Waals surface area contributed by atoms with Crippen LogP contribution >= 0.6 is 0 Å². The topological polar surface area (TPSA) is 66.4 Å². The van der Waals surface area contributed by atoms with Crippen LogP contribution in [0.1, 0.15) is 27.1 Å². The van der Waals surface area contributed by atoms with E-state index in [-0.39, 0.29) is 11.3 Å². The van der Waals surface area contributed by atoms with E-state index >= 15 is 0 Å². The first-order valence-electron chi connectivity index (χ1n) is 6.32. The first kappa shape index (κ1) is 13.8. The molecular weight excluding hydrogens is 254 g/mol. The number of anilines is 1. The van der Waals surface area contributed by atoms with Crippen LogP contribution in [0.25, 0.3) is 0 Å². The second kappa shape index (κ2) is 6.52. The van der Waals surface area contributed by atoms with Crippen LogP contribution in [-0.4, -0.2) is 23.4 Å². The maximum Gasteiger partial charge on any atom is 0.335 e. The zero-order chi connectivity index (χ0) is 14.4. The van der Waals surface area contributed by atoms with Gasteiger partial charge in [-0.25, -0.2) is 4.79 Å². The maximum atomic E-state index is 11.9. The Bertz CT molecular complexity index is 591. The van der Waals surface area contributed by atoms with Gasteiger partial charge >= 0.3 is 5.97 Å². The van der Waals surface area contributed by atoms with Gasteiger partial charge in [0.1, 0.15) is 0 Å². The van der Waals surface area contributed by atoms with Crippen LogP contribution < -0.4 is 5.32 Å². The summed E-state index contributed by atoms with van der Waals surface area (Å²) in [5, 5.41) is 11.9. The number of aromatic carboxylic acids is 1. The molecule has 0 spiro atoms. The van der Waals surface area contributed by atoms with E-state index in [0.717, 1.165) is 5.69 Å². The van der Waals surface area contributed by atoms with Crippen molar-refractivity contribution in [2.45, 2.75) is 6.42 Å². The number of carboxylic acid groups (broad SMARTS) is 1. The molecule has 0 bridgehead atoms. The highest BCUT2D eigenvalue weighted by molar-refractivity contribution is 5.96. The van der Waals surface area contributed by atoms with Crippen LogP contribution in [0.2, 0.25) is 0 Å². The molecule has 20 heavy (non-hydrogen) atoms. The van der Waals surface area contributed by atoms with Crippen LogP contribution in [-0.2, 0) is 0 Å². The third-order valence-electron chi connectivity index (χ3n) is 2.91. The van der Waals surface area contributed by atoms with Gasteiger partial charge in [0, 0.05) is 24.2 Å². The van der Waals surface area contributed by atoms with E-state index in [9.17, 15) is 9.59 Å². The lowest BCUT2D eigenvalue weighted by Gasteiger charge is -2.06. The zero-order valence-electron chi connectivity index (χ0n) is 10.9. The normalized spacial score (nSPS) is 10.0. The van der Waals surface area contributed by atoms with E-state index in [1.165, 1.54) is 12.1 Å². The van der Waals surface area contributed by atoms with Crippen molar-refractivity contribution in [2.24, 2.45) is 0 Å². The fourth-order valence-corrected chi connectivity index (χ4v) is 1.82. The van der Waals surface area contributed by atoms with Gasteiger partial charge in [0.2, 0.25) is 0 Å². The Morgan fingerprint density at radius 1 is 0.900 bits per heavy atom. The number of Topliss-reactive ketones (excluding diaryl/α,β-unsaturated/α-hetero) is 1. The number of carbonyl (C=O) groups excluding carboxylic acids is 1. The highest BCUT2D eigenvalue weighted by Gasteiger charge is 2.05. The standard InChI is InChI=1S/C16H15NO3/c18-15(12-4-2-1-3-5-12)10-11-17-14-8-6-13(7-9-14)16(19)20/h1-9,17H,10-11H2,(H,19,20). The summed E-state index contributed by atoms with van der Waals surface area (Å²) >= 11 is 0. The van der Waals surface area contributed by atoms with E-state index in [0.29, 0.717) is 18.5 Å². The quantitative estimate of drug-likeness (QED) is 0.791. The molecule has 2 rings (SSSR count). The Labute approximate surface area is 117 Å². The van der Waals surface area contributed by atoms with Crippen LogP contribution in [0.15, 0.2) is 54.6 Å². The van der Waals surface area contributed by atoms with Crippen molar-refractivity contribution in [1.82, 2.24) is 0 Å². The van der Waals surface area contributed by atoms with Crippen molar-refractivity contribution in [3.63, 3.8) is 0 Å². The summed E-state index contributed by atoms with van der Waals surface area (Å²) in [7, 11) is 0. The molecule has 0 aromatic heterocycles. The molecule has 2 aromatic carbocycles. The van der Waals surface area contributed by atoms with Gasteiger partial charge in [-0.15, -0.1) is 0 Å². The van der Waals surface area contributed by atoms with Crippen LogP contribution in [0.4, 0.5) is 5.69 Å². The van der Waals surface area contributed by atoms with Gasteiger partial charge in [-0.2, -0.15) is 0 Å². The number of ketones is 1. The van der Waals surface area contributed by atoms with Crippen molar-refractivity contribution in [2.75, 3.05) is 11.9 Å². The van der Waals surface area contributed by atoms with Gasteiger partial charge in [0.25, 0.3) is 0 Å². The lowest BCUT2D eigenvalue weighted by atomic mass is 10.1. The van der Waals surface area contributed by atoms with Gasteiger partial charge in [-0.3, -0.25) is 4.79 Å². The predicted molar refractivity (Wildman–Crippen MR) is 77.3 cm³/mol. The SMILES string of the molecule is O=C(O)c1ccc(NCCC(=O)c2ccccc2)cc1. The molecule has 0 saturated carbocycles. The summed E-state index contributed by atoms with van der Waals surface area (Å²) in [4.78, 5) is 22.6. The number of hydrogen-bond donors (Lipinski definition) is 2. The summed E-state index contributed by atoms with van der Waals surface area (Å²) in [6, 6.07) is 15.6. The van der Waals surface area contributed by atoms with Gasteiger partial charge in [0.15, 0.2) is 5.78 Å². The molecule has 102 valence electrons. The third-order valence-corrected chi connectivity index (χ3v) is 2.91. The fourth-order valence-electron chi connectivity index (χ4n) is 1.82. The van der Waals surface area contributed by atoms with E-state index in [1.807, 2.05) is 18.2 Å². The molecule has 2 N–H and O–H groups in total. The lowest BCUT2D eigenvalue weighted by molar-refractivity contribution is 0.0696. The molecule has 0 saturated heterocycles. The molecule has 0 unspecified atom stereocenters. The third kappa shape index (κ3) is 3.68. The predicted octanol–water partition coefficient (Wildman–Crippen LogP) is 3.07. The summed E-state index contributed by atoms with van der Waals surface area (Å²) in [5.74, 6) is -0.865. The Balaban J connectivity index is 1.84. The highest BCUT2D eigenvalue weighted by Crippen LogP contribution is 2.10. The number of carboxylic acids is 1. The molecule has 0 amide bonds. The molecule has 0 heterocycles. The van der Waals surface area contributed by atoms with Gasteiger partial charge in [0.05, 0.1) is 5.56 Å². The minimum atomic E-state index is -0.948. The van der Waals surface area contributed by atoms with E-state index in [2.05, 4.69) is 5.32 Å². The summed E-state index contributed by atoms with van der Waals surface area (Å²) in [6.07, 6.45) is 0.394. The van der Waals surface area contributed by atoms with Crippen molar-refractivity contribution in [3.05, 3.63) is 65.7 Å². The molecule has 0 aliphatic carbocycles. The summed E-state index contributed by atoms with van der Waals surface area (Å²) in [5.41, 5.74) is 1.75. The molecule has 0 atom stereocenters. The Morgan fingerprint density at radius 2 is 1.55 bits per heavy atom. The number of hydrogen-bond acceptors (Lipinski definition) is 3. The minimum Gasteiger partial charge on any atom is -0.478 e. The molecule has 0 fully saturated rings. The molecule has 0 aliphatic rings. The highest BCUT2D eigenvalue weighted by atomic mass is 16.4. The first-order chi connectivity index (χ1) is 9.66. The Hall–Kier alpha value is -2.62. The van der Waals surface area contributed by atoms with E-state index in [1.54, 1.807) is 24.3 Å². The van der Waals surface area contributed by atoms with Crippen molar-refractivity contribution in [3.8, 4) is 0 Å². The van der Waals surface area contributed by atoms with Crippen LogP contribution in [0.3, 0.4) is 0 Å². The Morgan fingerprint density at radius 3 is 2.15 bits per heavy atom. The number of rotatable bonds is 6. The number of nitrogens with one attached hydrogen (secondary N) is 1. The molecule has 0 aliphatic heterocycles. The second-order valence-electron chi connectivity index (χ2n) is 4.35. The molecule has 4 heteroatoms. The van der Waals surface area contributed by atoms with Crippen molar-refractivity contribution < 1.29 is 14.7 Å². The number of benzene rings is 2. The van der Waals surface area contributed by atoms with Crippen LogP contribution in [0.5, 0.6) is 0 Å². The molecule has 4 nitrogen and oxygen atoms in total. The van der Waals surface area contributed by atoms with E-state index < -0.39 is 5.97 Å². The van der Waals surface area contributed by atoms with Gasteiger partial charge in [-0.1, -0.05) is 30.3 Å². The average Bonchev–Trinajstić information content (AvgIpc) is 2.48. The van der Waals surface area contributed by atoms with Gasteiger partial charge in [-0.05, 0) is 24.3 Å². The maximum absolute atomic E-state index is 11.9. The number of carbonyl (C=O) groups is 2. The largest absolute Gasteiger partial charge is 0.478 e. The zero-order valence-corrected chi connectivity index (χ0v) is 10.9. The van der Waals surface area contributed by atoms with Gasteiger partial charge < -0.3 is 10.4 Å². The monoisotopic (exact) mass is 269 g/mol. The molecule has 0 radical (unpaired) electrons. The molecule has 2 aromatic rings. The average molecular weight is 269 g/mol. The Kier molecular flexibility index (Phi) is 4.50. The fraction of sp³-hybridized carbons (Fsp3) is 0.125.